The summed E-state index contributed by atoms with van der Waals surface area (Å²) in [5.41, 5.74) is 2.50. The van der Waals surface area contributed by atoms with Crippen molar-refractivity contribution in [1.29, 1.82) is 0 Å². The lowest BCUT2D eigenvalue weighted by atomic mass is 10.1. The standard InChI is InChI=1S/C21H24N2O3/c1-3-18(14-24)22-21(26)19(13-16-11-9-15(2)10-12-16)23-20(25)17-7-5-4-6-8-17/h4-13,18,24H,3,14H2,1-2H3,(H,22,26)(H,23,25)/b19-13-. The number of nitrogens with one attached hydrogen (secondary N) is 2. The van der Waals surface area contributed by atoms with Crippen LogP contribution in [0.1, 0.15) is 34.8 Å². The molecule has 0 aliphatic heterocycles. The van der Waals surface area contributed by atoms with E-state index >= 15 is 0 Å². The number of rotatable bonds is 7. The Balaban J connectivity index is 2.27. The first-order valence-electron chi connectivity index (χ1n) is 8.60. The molecule has 1 unspecified atom stereocenters. The van der Waals surface area contributed by atoms with Crippen LogP contribution in [0.15, 0.2) is 60.3 Å². The van der Waals surface area contributed by atoms with Gasteiger partial charge >= 0.3 is 0 Å². The second kappa shape index (κ2) is 9.53. The third kappa shape index (κ3) is 5.57. The van der Waals surface area contributed by atoms with Gasteiger partial charge in [0.1, 0.15) is 5.70 Å². The molecule has 0 radical (unpaired) electrons. The number of carbonyl (C=O) groups excluding carboxylic acids is 2. The normalized spacial score (nSPS) is 12.3. The number of aryl methyl sites for hydroxylation is 1. The summed E-state index contributed by atoms with van der Waals surface area (Å²) < 4.78 is 0. The minimum Gasteiger partial charge on any atom is -0.394 e. The molecule has 2 amide bonds. The van der Waals surface area contributed by atoms with Gasteiger partial charge < -0.3 is 15.7 Å². The van der Waals surface area contributed by atoms with Gasteiger partial charge in [0, 0.05) is 5.56 Å². The molecule has 5 heteroatoms. The lowest BCUT2D eigenvalue weighted by Gasteiger charge is -2.16. The average Bonchev–Trinajstić information content (AvgIpc) is 2.67. The molecule has 2 aromatic carbocycles. The van der Waals surface area contributed by atoms with Crippen LogP contribution in [-0.4, -0.2) is 29.6 Å². The predicted molar refractivity (Wildman–Crippen MR) is 102 cm³/mol. The fourth-order valence-corrected chi connectivity index (χ4v) is 2.31. The van der Waals surface area contributed by atoms with E-state index in [9.17, 15) is 14.7 Å². The minimum atomic E-state index is -0.434. The van der Waals surface area contributed by atoms with Crippen LogP contribution < -0.4 is 10.6 Å². The molecule has 2 rings (SSSR count). The SMILES string of the molecule is CCC(CO)NC(=O)/C(=C/c1ccc(C)cc1)NC(=O)c1ccccc1. The highest BCUT2D eigenvalue weighted by molar-refractivity contribution is 6.05. The van der Waals surface area contributed by atoms with Crippen LogP contribution in [-0.2, 0) is 4.79 Å². The van der Waals surface area contributed by atoms with Crippen molar-refractivity contribution >= 4 is 17.9 Å². The molecule has 0 saturated heterocycles. The van der Waals surface area contributed by atoms with Gasteiger partial charge in [-0.15, -0.1) is 0 Å². The Morgan fingerprint density at radius 2 is 1.73 bits per heavy atom. The molecule has 0 bridgehead atoms. The van der Waals surface area contributed by atoms with E-state index in [0.717, 1.165) is 11.1 Å². The van der Waals surface area contributed by atoms with E-state index in [-0.39, 0.29) is 24.3 Å². The molecule has 1 atom stereocenters. The third-order valence-electron chi connectivity index (χ3n) is 3.97. The maximum Gasteiger partial charge on any atom is 0.268 e. The highest BCUT2D eigenvalue weighted by Gasteiger charge is 2.17. The maximum absolute atomic E-state index is 12.6. The van der Waals surface area contributed by atoms with Crippen LogP contribution >= 0.6 is 0 Å². The van der Waals surface area contributed by atoms with E-state index in [1.807, 2.05) is 44.2 Å². The van der Waals surface area contributed by atoms with Crippen LogP contribution in [0.2, 0.25) is 0 Å². The van der Waals surface area contributed by atoms with Gasteiger partial charge in [-0.25, -0.2) is 0 Å². The number of aliphatic hydroxyl groups excluding tert-OH is 1. The molecular weight excluding hydrogens is 328 g/mol. The van der Waals surface area contributed by atoms with Crippen molar-refractivity contribution in [3.63, 3.8) is 0 Å². The quantitative estimate of drug-likeness (QED) is 0.670. The van der Waals surface area contributed by atoms with Crippen molar-refractivity contribution in [3.8, 4) is 0 Å². The molecule has 0 saturated carbocycles. The molecule has 0 spiro atoms. The zero-order chi connectivity index (χ0) is 18.9. The first kappa shape index (κ1) is 19.4. The highest BCUT2D eigenvalue weighted by atomic mass is 16.3. The van der Waals surface area contributed by atoms with Gasteiger partial charge in [0.15, 0.2) is 0 Å². The van der Waals surface area contributed by atoms with Gasteiger partial charge in [-0.2, -0.15) is 0 Å². The Morgan fingerprint density at radius 3 is 2.31 bits per heavy atom. The van der Waals surface area contributed by atoms with Gasteiger partial charge in [-0.3, -0.25) is 9.59 Å². The van der Waals surface area contributed by atoms with Crippen molar-refractivity contribution in [1.82, 2.24) is 10.6 Å². The molecule has 3 N–H and O–H groups in total. The molecule has 0 aromatic heterocycles. The molecule has 26 heavy (non-hydrogen) atoms. The minimum absolute atomic E-state index is 0.134. The molecule has 0 fully saturated rings. The Hall–Kier alpha value is -2.92. The molecule has 0 heterocycles. The molecule has 0 aliphatic rings. The van der Waals surface area contributed by atoms with E-state index in [4.69, 9.17) is 0 Å². The number of carbonyl (C=O) groups is 2. The average molecular weight is 352 g/mol. The fourth-order valence-electron chi connectivity index (χ4n) is 2.31. The second-order valence-corrected chi connectivity index (χ2v) is 6.05. The van der Waals surface area contributed by atoms with Crippen molar-refractivity contribution in [2.45, 2.75) is 26.3 Å². The second-order valence-electron chi connectivity index (χ2n) is 6.05. The maximum atomic E-state index is 12.6. The monoisotopic (exact) mass is 352 g/mol. The zero-order valence-electron chi connectivity index (χ0n) is 15.0. The van der Waals surface area contributed by atoms with Gasteiger partial charge in [-0.1, -0.05) is 55.0 Å². The van der Waals surface area contributed by atoms with Crippen molar-refractivity contribution in [3.05, 3.63) is 77.0 Å². The van der Waals surface area contributed by atoms with E-state index in [0.29, 0.717) is 12.0 Å². The third-order valence-corrected chi connectivity index (χ3v) is 3.97. The summed E-state index contributed by atoms with van der Waals surface area (Å²) in [4.78, 5) is 25.1. The van der Waals surface area contributed by atoms with Crippen LogP contribution in [0, 0.1) is 6.92 Å². The van der Waals surface area contributed by atoms with Crippen molar-refractivity contribution in [2.24, 2.45) is 0 Å². The van der Waals surface area contributed by atoms with E-state index in [2.05, 4.69) is 10.6 Å². The first-order valence-corrected chi connectivity index (χ1v) is 8.60. The summed E-state index contributed by atoms with van der Waals surface area (Å²) in [7, 11) is 0. The molecule has 0 aliphatic carbocycles. The number of amides is 2. The van der Waals surface area contributed by atoms with Gasteiger partial charge in [0.05, 0.1) is 12.6 Å². The van der Waals surface area contributed by atoms with Gasteiger partial charge in [-0.05, 0) is 37.1 Å². The summed E-state index contributed by atoms with van der Waals surface area (Å²) in [6.45, 7) is 3.69. The van der Waals surface area contributed by atoms with Crippen LogP contribution in [0.3, 0.4) is 0 Å². The molecule has 2 aromatic rings. The molecule has 136 valence electrons. The lowest BCUT2D eigenvalue weighted by molar-refractivity contribution is -0.118. The number of benzene rings is 2. The smallest absolute Gasteiger partial charge is 0.268 e. The van der Waals surface area contributed by atoms with E-state index < -0.39 is 5.91 Å². The Kier molecular flexibility index (Phi) is 7.12. The highest BCUT2D eigenvalue weighted by Crippen LogP contribution is 2.09. The van der Waals surface area contributed by atoms with E-state index in [1.54, 1.807) is 30.3 Å². The van der Waals surface area contributed by atoms with Crippen LogP contribution in [0.5, 0.6) is 0 Å². The number of aliphatic hydroxyl groups is 1. The van der Waals surface area contributed by atoms with E-state index in [1.165, 1.54) is 0 Å². The number of hydrogen-bond donors (Lipinski definition) is 3. The largest absolute Gasteiger partial charge is 0.394 e. The van der Waals surface area contributed by atoms with Crippen LogP contribution in [0.4, 0.5) is 0 Å². The Morgan fingerprint density at radius 1 is 1.08 bits per heavy atom. The predicted octanol–water partition coefficient (Wildman–Crippen LogP) is 2.65. The first-order chi connectivity index (χ1) is 12.5. The summed E-state index contributed by atoms with van der Waals surface area (Å²) >= 11 is 0. The Labute approximate surface area is 153 Å². The molecule has 5 nitrogen and oxygen atoms in total. The topological polar surface area (TPSA) is 78.4 Å². The summed E-state index contributed by atoms with van der Waals surface area (Å²) in [6, 6.07) is 16.0. The summed E-state index contributed by atoms with van der Waals surface area (Å²) in [5, 5.41) is 14.7. The fraction of sp³-hybridized carbons (Fsp3) is 0.238. The summed E-state index contributed by atoms with van der Waals surface area (Å²) in [6.07, 6.45) is 2.21. The van der Waals surface area contributed by atoms with Crippen molar-refractivity contribution < 1.29 is 14.7 Å². The number of hydrogen-bond acceptors (Lipinski definition) is 3. The van der Waals surface area contributed by atoms with Crippen LogP contribution in [0.25, 0.3) is 6.08 Å². The van der Waals surface area contributed by atoms with Gasteiger partial charge in [0.25, 0.3) is 11.8 Å². The Bertz CT molecular complexity index is 764. The molecular formula is C21H24N2O3. The summed E-state index contributed by atoms with van der Waals surface area (Å²) in [5.74, 6) is -0.799. The lowest BCUT2D eigenvalue weighted by Crippen LogP contribution is -2.41. The van der Waals surface area contributed by atoms with Gasteiger partial charge in [0.2, 0.25) is 0 Å². The zero-order valence-corrected chi connectivity index (χ0v) is 15.0. The van der Waals surface area contributed by atoms with Crippen molar-refractivity contribution in [2.75, 3.05) is 6.61 Å².